The van der Waals surface area contributed by atoms with Crippen molar-refractivity contribution in [2.75, 3.05) is 6.61 Å². The van der Waals surface area contributed by atoms with Crippen molar-refractivity contribution >= 4 is 11.8 Å². The lowest BCUT2D eigenvalue weighted by molar-refractivity contribution is 0.0474. The van der Waals surface area contributed by atoms with Crippen molar-refractivity contribution in [2.45, 2.75) is 34.6 Å². The molecule has 180 valence electrons. The molecular weight excluding hydrogens is 442 g/mol. The Labute approximate surface area is 204 Å². The Balaban J connectivity index is 1.65. The maximum Gasteiger partial charge on any atom is 0.338 e. The highest BCUT2D eigenvalue weighted by atomic mass is 16.5. The Morgan fingerprint density at radius 3 is 2.20 bits per heavy atom. The van der Waals surface area contributed by atoms with E-state index in [0.717, 1.165) is 28.2 Å². The molecule has 0 radical (unpaired) electrons. The van der Waals surface area contributed by atoms with Gasteiger partial charge in [0.15, 0.2) is 6.61 Å². The molecule has 0 saturated carbocycles. The molecule has 35 heavy (non-hydrogen) atoms. The number of carbonyl (C=O) groups excluding carboxylic acids is 2. The number of hydrogen-bond acceptors (Lipinski definition) is 4. The molecule has 0 N–H and O–H groups in total. The van der Waals surface area contributed by atoms with Gasteiger partial charge in [-0.1, -0.05) is 35.9 Å². The number of ketones is 1. The predicted molar refractivity (Wildman–Crippen MR) is 135 cm³/mol. The number of rotatable bonds is 6. The van der Waals surface area contributed by atoms with Crippen LogP contribution in [0.15, 0.2) is 59.4 Å². The van der Waals surface area contributed by atoms with E-state index in [-0.39, 0.29) is 17.9 Å². The first kappa shape index (κ1) is 24.0. The third kappa shape index (κ3) is 4.25. The molecule has 4 aromatic rings. The summed E-state index contributed by atoms with van der Waals surface area (Å²) in [5.41, 5.74) is 5.90. The predicted octanol–water partition coefficient (Wildman–Crippen LogP) is 4.55. The molecule has 0 bridgehead atoms. The van der Waals surface area contributed by atoms with Crippen molar-refractivity contribution in [1.82, 2.24) is 13.9 Å². The second-order valence-electron chi connectivity index (χ2n) is 8.85. The van der Waals surface area contributed by atoms with E-state index in [0.29, 0.717) is 22.5 Å². The van der Waals surface area contributed by atoms with Gasteiger partial charge in [0.1, 0.15) is 5.69 Å². The number of para-hydroxylation sites is 1. The monoisotopic (exact) mass is 471 g/mol. The first-order valence-electron chi connectivity index (χ1n) is 11.4. The van der Waals surface area contributed by atoms with E-state index in [1.807, 2.05) is 77.2 Å². The number of Topliss-reactive ketones (excluding diaryl/α,β-unsaturated/α-hetero) is 1. The van der Waals surface area contributed by atoms with Gasteiger partial charge in [0.05, 0.1) is 16.9 Å². The van der Waals surface area contributed by atoms with Crippen LogP contribution in [0.5, 0.6) is 0 Å². The van der Waals surface area contributed by atoms with Gasteiger partial charge in [-0.05, 0) is 64.4 Å². The lowest BCUT2D eigenvalue weighted by atomic mass is 10.1. The quantitative estimate of drug-likeness (QED) is 0.305. The Kier molecular flexibility index (Phi) is 6.35. The lowest BCUT2D eigenvalue weighted by Crippen LogP contribution is -2.22. The van der Waals surface area contributed by atoms with Crippen molar-refractivity contribution < 1.29 is 14.3 Å². The van der Waals surface area contributed by atoms with Crippen LogP contribution in [0.25, 0.3) is 11.4 Å². The zero-order valence-corrected chi connectivity index (χ0v) is 20.9. The van der Waals surface area contributed by atoms with Gasteiger partial charge in [-0.25, -0.2) is 9.48 Å². The van der Waals surface area contributed by atoms with Crippen LogP contribution < -0.4 is 5.56 Å². The number of esters is 1. The number of carbonyl (C=O) groups is 2. The molecule has 0 aliphatic carbocycles. The number of aryl methyl sites for hydroxylation is 3. The number of ether oxygens (including phenoxy) is 1. The molecule has 2 aromatic carbocycles. The van der Waals surface area contributed by atoms with Crippen LogP contribution in [-0.4, -0.2) is 32.3 Å². The maximum atomic E-state index is 13.5. The fourth-order valence-electron chi connectivity index (χ4n) is 4.53. The van der Waals surface area contributed by atoms with Gasteiger partial charge < -0.3 is 9.30 Å². The molecule has 4 rings (SSSR count). The van der Waals surface area contributed by atoms with E-state index in [2.05, 4.69) is 0 Å². The van der Waals surface area contributed by atoms with Crippen molar-refractivity contribution in [2.24, 2.45) is 7.05 Å². The number of benzene rings is 2. The average molecular weight is 472 g/mol. The Bertz CT molecular complexity index is 1500. The third-order valence-electron chi connectivity index (χ3n) is 6.42. The van der Waals surface area contributed by atoms with Crippen LogP contribution in [-0.2, 0) is 11.8 Å². The molecule has 2 heterocycles. The molecule has 0 spiro atoms. The van der Waals surface area contributed by atoms with Gasteiger partial charge >= 0.3 is 5.97 Å². The van der Waals surface area contributed by atoms with E-state index in [1.54, 1.807) is 33.0 Å². The molecule has 0 fully saturated rings. The average Bonchev–Trinajstić information content (AvgIpc) is 3.23. The summed E-state index contributed by atoms with van der Waals surface area (Å²) < 4.78 is 10.6. The highest BCUT2D eigenvalue weighted by Crippen LogP contribution is 2.23. The van der Waals surface area contributed by atoms with Gasteiger partial charge in [-0.2, -0.15) is 0 Å². The lowest BCUT2D eigenvalue weighted by Gasteiger charge is -2.09. The summed E-state index contributed by atoms with van der Waals surface area (Å²) in [4.78, 5) is 39.0. The summed E-state index contributed by atoms with van der Waals surface area (Å²) >= 11 is 0. The molecule has 7 nitrogen and oxygen atoms in total. The largest absolute Gasteiger partial charge is 0.454 e. The number of nitrogens with zero attached hydrogens (tertiary/aromatic N) is 3. The summed E-state index contributed by atoms with van der Waals surface area (Å²) in [5.74, 6) is -0.853. The highest BCUT2D eigenvalue weighted by Gasteiger charge is 2.24. The molecule has 0 unspecified atom stereocenters. The Morgan fingerprint density at radius 1 is 0.857 bits per heavy atom. The van der Waals surface area contributed by atoms with Crippen molar-refractivity contribution in [1.29, 1.82) is 0 Å². The van der Waals surface area contributed by atoms with Gasteiger partial charge in [-0.15, -0.1) is 0 Å². The fraction of sp³-hybridized carbons (Fsp3) is 0.250. The normalized spacial score (nSPS) is 11.0. The smallest absolute Gasteiger partial charge is 0.338 e. The van der Waals surface area contributed by atoms with Crippen molar-refractivity contribution in [3.63, 3.8) is 0 Å². The molecule has 0 saturated heterocycles. The van der Waals surface area contributed by atoms with Gasteiger partial charge in [0.25, 0.3) is 5.56 Å². The standard InChI is InChI=1S/C28H29N3O4/c1-17-12-13-23(18(2)14-17)28(34)35-16-25(32)24-15-19(3)30(20(24)4)26-21(5)29(6)31(27(26)33)22-10-8-7-9-11-22/h7-15H,16H2,1-6H3. The summed E-state index contributed by atoms with van der Waals surface area (Å²) in [6.45, 7) is 8.93. The third-order valence-corrected chi connectivity index (χ3v) is 6.42. The van der Waals surface area contributed by atoms with Crippen LogP contribution in [0.4, 0.5) is 0 Å². The van der Waals surface area contributed by atoms with E-state index < -0.39 is 5.97 Å². The van der Waals surface area contributed by atoms with Gasteiger partial charge in [0.2, 0.25) is 5.78 Å². The molecule has 0 atom stereocenters. The van der Waals surface area contributed by atoms with Gasteiger partial charge in [0, 0.05) is 24.0 Å². The number of hydrogen-bond donors (Lipinski definition) is 0. The van der Waals surface area contributed by atoms with Crippen LogP contribution in [0, 0.1) is 34.6 Å². The second-order valence-corrected chi connectivity index (χ2v) is 8.85. The zero-order valence-electron chi connectivity index (χ0n) is 20.9. The summed E-state index contributed by atoms with van der Waals surface area (Å²) in [5, 5.41) is 0. The van der Waals surface area contributed by atoms with Crippen LogP contribution in [0.1, 0.15) is 48.9 Å². The van der Waals surface area contributed by atoms with Crippen LogP contribution in [0.2, 0.25) is 0 Å². The Hall–Kier alpha value is -4.13. The molecule has 0 aliphatic rings. The van der Waals surface area contributed by atoms with E-state index in [1.165, 1.54) is 0 Å². The highest BCUT2D eigenvalue weighted by molar-refractivity contribution is 6.00. The summed E-state index contributed by atoms with van der Waals surface area (Å²) in [7, 11) is 1.83. The first-order chi connectivity index (χ1) is 16.6. The second kappa shape index (κ2) is 9.25. The minimum atomic E-state index is -0.533. The van der Waals surface area contributed by atoms with E-state index >= 15 is 0 Å². The molecule has 2 aromatic heterocycles. The minimum absolute atomic E-state index is 0.182. The number of aromatic nitrogens is 3. The fourth-order valence-corrected chi connectivity index (χ4v) is 4.53. The summed E-state index contributed by atoms with van der Waals surface area (Å²) in [6, 6.07) is 16.6. The zero-order chi connectivity index (χ0) is 25.4. The molecule has 0 amide bonds. The maximum absolute atomic E-state index is 13.5. The first-order valence-corrected chi connectivity index (χ1v) is 11.4. The summed E-state index contributed by atoms with van der Waals surface area (Å²) in [6.07, 6.45) is 0. The molecule has 7 heteroatoms. The molecule has 0 aliphatic heterocycles. The van der Waals surface area contributed by atoms with Crippen molar-refractivity contribution in [3.8, 4) is 11.4 Å². The van der Waals surface area contributed by atoms with Gasteiger partial charge in [-0.3, -0.25) is 14.3 Å². The van der Waals surface area contributed by atoms with E-state index in [4.69, 9.17) is 4.74 Å². The SMILES string of the molecule is Cc1ccc(C(=O)OCC(=O)c2cc(C)n(-c3c(C)n(C)n(-c4ccccc4)c3=O)c2C)c(C)c1. The van der Waals surface area contributed by atoms with Crippen LogP contribution in [0.3, 0.4) is 0 Å². The molecular formula is C28H29N3O4. The van der Waals surface area contributed by atoms with Crippen molar-refractivity contribution in [3.05, 3.63) is 104 Å². The van der Waals surface area contributed by atoms with E-state index in [9.17, 15) is 14.4 Å². The van der Waals surface area contributed by atoms with Crippen LogP contribution >= 0.6 is 0 Å². The topological polar surface area (TPSA) is 75.2 Å². The Morgan fingerprint density at radius 2 is 1.54 bits per heavy atom. The minimum Gasteiger partial charge on any atom is -0.454 e.